The largest absolute Gasteiger partial charge is 0.508 e. The fourth-order valence-corrected chi connectivity index (χ4v) is 1.78. The van der Waals surface area contributed by atoms with Crippen molar-refractivity contribution in [1.82, 2.24) is 10.3 Å². The van der Waals surface area contributed by atoms with Crippen LogP contribution in [-0.2, 0) is 4.79 Å². The van der Waals surface area contributed by atoms with Crippen molar-refractivity contribution in [2.24, 2.45) is 0 Å². The lowest BCUT2D eigenvalue weighted by Gasteiger charge is -2.13. The number of hydrogen-bond donors (Lipinski definition) is 3. The molecule has 0 bridgehead atoms. The monoisotopic (exact) mass is 285 g/mol. The number of pyridine rings is 1. The Morgan fingerprint density at radius 2 is 1.95 bits per heavy atom. The lowest BCUT2D eigenvalue weighted by atomic mass is 10.1. The zero-order valence-corrected chi connectivity index (χ0v) is 11.2. The molecule has 1 unspecified atom stereocenters. The molecule has 0 saturated heterocycles. The number of nitrogens with one attached hydrogen (secondary N) is 1. The Labute approximate surface area is 121 Å². The van der Waals surface area contributed by atoms with Crippen LogP contribution in [0.4, 0.5) is 0 Å². The van der Waals surface area contributed by atoms with E-state index >= 15 is 0 Å². The molecule has 6 heteroatoms. The highest BCUT2D eigenvalue weighted by Gasteiger charge is 2.18. The first-order chi connectivity index (χ1) is 10.0. The van der Waals surface area contributed by atoms with Gasteiger partial charge >= 0.3 is 0 Å². The van der Waals surface area contributed by atoms with Crippen LogP contribution in [0, 0.1) is 6.92 Å². The van der Waals surface area contributed by atoms with Crippen molar-refractivity contribution < 1.29 is 19.8 Å². The molecule has 0 fully saturated rings. The first-order valence-corrected chi connectivity index (χ1v) is 6.14. The molecule has 1 aromatic carbocycles. The second kappa shape index (κ2) is 6.04. The Morgan fingerprint density at radius 3 is 2.52 bits per heavy atom. The molecule has 1 heterocycles. The lowest BCUT2D eigenvalue weighted by molar-refractivity contribution is 0.0943. The minimum absolute atomic E-state index is 0.0281. The van der Waals surface area contributed by atoms with Gasteiger partial charge in [-0.1, -0.05) is 12.1 Å². The van der Waals surface area contributed by atoms with Crippen LogP contribution in [0.5, 0.6) is 11.5 Å². The second-order valence-electron chi connectivity index (χ2n) is 4.46. The van der Waals surface area contributed by atoms with Gasteiger partial charge in [0.2, 0.25) is 6.29 Å². The molecule has 2 rings (SSSR count). The molecule has 107 valence electrons. The van der Waals surface area contributed by atoms with Gasteiger partial charge in [0.05, 0.1) is 5.56 Å². The number of amides is 1. The highest BCUT2D eigenvalue weighted by molar-refractivity contribution is 5.97. The summed E-state index contributed by atoms with van der Waals surface area (Å²) >= 11 is 0. The standard InChI is InChI=1S/C15H13N2O4/c1-9-6-14(20)12(7-16-9)15(21)17-13(8-18)10-2-4-11(19)5-3-10/h2-7,13,19H,1H3,(H,16,20)(H,17,21). The topological polar surface area (TPSA) is 99.5 Å². The number of carbonyl (C=O) groups is 1. The van der Waals surface area contributed by atoms with Crippen molar-refractivity contribution in [1.29, 1.82) is 0 Å². The normalized spacial score (nSPS) is 11.7. The van der Waals surface area contributed by atoms with Crippen LogP contribution in [0.15, 0.2) is 36.5 Å². The Kier molecular flexibility index (Phi) is 4.18. The molecular formula is C15H13N2O4. The average Bonchev–Trinajstić information content (AvgIpc) is 2.45. The minimum atomic E-state index is -1.00. The van der Waals surface area contributed by atoms with Gasteiger partial charge in [0, 0.05) is 18.0 Å². The Bertz CT molecular complexity index is 668. The molecule has 1 aromatic heterocycles. The Hall–Kier alpha value is -2.89. The maximum absolute atomic E-state index is 12.0. The van der Waals surface area contributed by atoms with Crippen molar-refractivity contribution in [3.63, 3.8) is 0 Å². The zero-order valence-electron chi connectivity index (χ0n) is 11.2. The summed E-state index contributed by atoms with van der Waals surface area (Å²) in [7, 11) is 0. The van der Waals surface area contributed by atoms with Gasteiger partial charge in [0.1, 0.15) is 17.5 Å². The van der Waals surface area contributed by atoms with Gasteiger partial charge in [-0.15, -0.1) is 0 Å². The van der Waals surface area contributed by atoms with Crippen LogP contribution in [0.1, 0.15) is 27.7 Å². The maximum Gasteiger partial charge on any atom is 0.257 e. The van der Waals surface area contributed by atoms with Gasteiger partial charge in [0.25, 0.3) is 5.91 Å². The van der Waals surface area contributed by atoms with Crippen molar-refractivity contribution in [3.05, 3.63) is 53.3 Å². The van der Waals surface area contributed by atoms with E-state index in [0.717, 1.165) is 0 Å². The molecule has 0 saturated carbocycles. The van der Waals surface area contributed by atoms with Gasteiger partial charge in [-0.25, -0.2) is 0 Å². The molecular weight excluding hydrogens is 272 g/mol. The molecule has 0 aliphatic carbocycles. The van der Waals surface area contributed by atoms with E-state index in [9.17, 15) is 19.8 Å². The highest BCUT2D eigenvalue weighted by Crippen LogP contribution is 2.19. The molecule has 0 spiro atoms. The van der Waals surface area contributed by atoms with E-state index in [1.54, 1.807) is 13.2 Å². The molecule has 0 aliphatic rings. The quantitative estimate of drug-likeness (QED) is 0.788. The minimum Gasteiger partial charge on any atom is -0.508 e. The summed E-state index contributed by atoms with van der Waals surface area (Å²) in [6, 6.07) is 6.15. The summed E-state index contributed by atoms with van der Waals surface area (Å²) in [5, 5.41) is 21.4. The van der Waals surface area contributed by atoms with Gasteiger partial charge in [0.15, 0.2) is 0 Å². The predicted molar refractivity (Wildman–Crippen MR) is 74.6 cm³/mol. The fourth-order valence-electron chi connectivity index (χ4n) is 1.78. The van der Waals surface area contributed by atoms with E-state index in [2.05, 4.69) is 10.3 Å². The zero-order chi connectivity index (χ0) is 15.4. The van der Waals surface area contributed by atoms with Crippen LogP contribution < -0.4 is 5.32 Å². The lowest BCUT2D eigenvalue weighted by Crippen LogP contribution is -2.29. The maximum atomic E-state index is 12.0. The molecule has 2 aromatic rings. The van der Waals surface area contributed by atoms with E-state index in [-0.39, 0.29) is 17.1 Å². The summed E-state index contributed by atoms with van der Waals surface area (Å²) in [5.74, 6) is -0.799. The number of rotatable bonds is 4. The summed E-state index contributed by atoms with van der Waals surface area (Å²) in [6.07, 6.45) is 2.94. The van der Waals surface area contributed by atoms with E-state index in [0.29, 0.717) is 11.3 Å². The van der Waals surface area contributed by atoms with Crippen LogP contribution in [-0.4, -0.2) is 27.4 Å². The number of phenolic OH excluding ortho intramolecular Hbond substituents is 1. The summed E-state index contributed by atoms with van der Waals surface area (Å²) in [4.78, 5) is 27.0. The van der Waals surface area contributed by atoms with Crippen LogP contribution in [0.3, 0.4) is 0 Å². The van der Waals surface area contributed by atoms with Gasteiger partial charge in [-0.2, -0.15) is 0 Å². The molecule has 6 nitrogen and oxygen atoms in total. The van der Waals surface area contributed by atoms with E-state index in [1.807, 2.05) is 0 Å². The third kappa shape index (κ3) is 3.36. The van der Waals surface area contributed by atoms with Gasteiger partial charge < -0.3 is 15.5 Å². The van der Waals surface area contributed by atoms with E-state index in [4.69, 9.17) is 0 Å². The second-order valence-corrected chi connectivity index (χ2v) is 4.46. The van der Waals surface area contributed by atoms with Crippen molar-refractivity contribution in [3.8, 4) is 11.5 Å². The Morgan fingerprint density at radius 1 is 1.29 bits per heavy atom. The number of benzene rings is 1. The molecule has 3 N–H and O–H groups in total. The van der Waals surface area contributed by atoms with Gasteiger partial charge in [-0.05, 0) is 24.6 Å². The van der Waals surface area contributed by atoms with Crippen LogP contribution in [0.2, 0.25) is 0 Å². The smallest absolute Gasteiger partial charge is 0.257 e. The SMILES string of the molecule is Cc1cc(O)c(C(=O)NC([C]=O)c2ccc(O)cc2)cn1. The predicted octanol–water partition coefficient (Wildman–Crippen LogP) is 1.38. The van der Waals surface area contributed by atoms with E-state index < -0.39 is 11.9 Å². The van der Waals surface area contributed by atoms with Crippen LogP contribution in [0.25, 0.3) is 0 Å². The Balaban J connectivity index is 2.20. The highest BCUT2D eigenvalue weighted by atomic mass is 16.3. The summed E-state index contributed by atoms with van der Waals surface area (Å²) in [5.41, 5.74) is 1.01. The molecule has 21 heavy (non-hydrogen) atoms. The number of aryl methyl sites for hydroxylation is 1. The number of nitrogens with zero attached hydrogens (tertiary/aromatic N) is 1. The third-order valence-electron chi connectivity index (χ3n) is 2.88. The van der Waals surface area contributed by atoms with Crippen molar-refractivity contribution >= 4 is 12.2 Å². The van der Waals surface area contributed by atoms with E-state index in [1.165, 1.54) is 36.5 Å². The number of phenols is 1. The van der Waals surface area contributed by atoms with Crippen molar-refractivity contribution in [2.45, 2.75) is 13.0 Å². The molecule has 1 atom stereocenters. The van der Waals surface area contributed by atoms with Gasteiger partial charge in [-0.3, -0.25) is 14.6 Å². The number of hydrogen-bond acceptors (Lipinski definition) is 5. The summed E-state index contributed by atoms with van der Waals surface area (Å²) in [6.45, 7) is 1.68. The summed E-state index contributed by atoms with van der Waals surface area (Å²) < 4.78 is 0. The fraction of sp³-hybridized carbons (Fsp3) is 0.133. The molecule has 1 amide bonds. The average molecular weight is 285 g/mol. The number of aromatic nitrogens is 1. The first-order valence-electron chi connectivity index (χ1n) is 6.14. The van der Waals surface area contributed by atoms with Crippen LogP contribution >= 0.6 is 0 Å². The molecule has 1 radical (unpaired) electrons. The molecule has 0 aliphatic heterocycles. The first kappa shape index (κ1) is 14.5. The number of aromatic hydroxyl groups is 2. The van der Waals surface area contributed by atoms with Crippen molar-refractivity contribution in [2.75, 3.05) is 0 Å². The third-order valence-corrected chi connectivity index (χ3v) is 2.88. The number of carbonyl (C=O) groups excluding carboxylic acids is 2.